The molecule has 138 valence electrons. The van der Waals surface area contributed by atoms with Crippen LogP contribution in [0.4, 0.5) is 5.69 Å². The standard InChI is InChI=1S/C19H23N3O3S/c1-14-12-16-4-2-3-5-18(16)22(14)13-19(23)21-11-10-15-6-8-17(9-7-15)26(20,24)25/h2-9,14H,10-13H2,1H3,(H,21,23)(H2,20,24,25)/t14-/m0/s1. The Balaban J connectivity index is 1.51. The van der Waals surface area contributed by atoms with Gasteiger partial charge in [-0.05, 0) is 49.1 Å². The third-order valence-electron chi connectivity index (χ3n) is 4.65. The number of nitrogens with zero attached hydrogens (tertiary/aromatic N) is 1. The van der Waals surface area contributed by atoms with Crippen LogP contribution in [0.25, 0.3) is 0 Å². The van der Waals surface area contributed by atoms with Crippen LogP contribution in [-0.4, -0.2) is 33.5 Å². The highest BCUT2D eigenvalue weighted by Crippen LogP contribution is 2.31. The highest BCUT2D eigenvalue weighted by Gasteiger charge is 2.26. The third-order valence-corrected chi connectivity index (χ3v) is 5.58. The van der Waals surface area contributed by atoms with E-state index in [4.69, 9.17) is 5.14 Å². The average Bonchev–Trinajstić information content (AvgIpc) is 2.90. The molecule has 0 aliphatic carbocycles. The SMILES string of the molecule is C[C@H]1Cc2ccccc2N1CC(=O)NCCc1ccc(S(N)(=O)=O)cc1. The van der Waals surface area contributed by atoms with Gasteiger partial charge in [0.05, 0.1) is 11.4 Å². The first-order chi connectivity index (χ1) is 12.3. The van der Waals surface area contributed by atoms with Crippen LogP contribution in [0.5, 0.6) is 0 Å². The summed E-state index contributed by atoms with van der Waals surface area (Å²) in [5.74, 6) is -0.0188. The van der Waals surface area contributed by atoms with Gasteiger partial charge in [-0.15, -0.1) is 0 Å². The first-order valence-corrected chi connectivity index (χ1v) is 10.1. The van der Waals surface area contributed by atoms with Gasteiger partial charge in [0.15, 0.2) is 0 Å². The van der Waals surface area contributed by atoms with Gasteiger partial charge >= 0.3 is 0 Å². The summed E-state index contributed by atoms with van der Waals surface area (Å²) >= 11 is 0. The maximum Gasteiger partial charge on any atom is 0.239 e. The fourth-order valence-electron chi connectivity index (χ4n) is 3.27. The second-order valence-corrected chi connectivity index (χ2v) is 8.16. The highest BCUT2D eigenvalue weighted by molar-refractivity contribution is 7.89. The van der Waals surface area contributed by atoms with Gasteiger partial charge in [0.1, 0.15) is 0 Å². The molecule has 3 rings (SSSR count). The van der Waals surface area contributed by atoms with Crippen LogP contribution in [0.15, 0.2) is 53.4 Å². The molecule has 1 atom stereocenters. The largest absolute Gasteiger partial charge is 0.359 e. The fourth-order valence-corrected chi connectivity index (χ4v) is 3.79. The van der Waals surface area contributed by atoms with E-state index in [0.717, 1.165) is 17.7 Å². The predicted molar refractivity (Wildman–Crippen MR) is 101 cm³/mol. The van der Waals surface area contributed by atoms with Gasteiger partial charge in [-0.3, -0.25) is 4.79 Å². The summed E-state index contributed by atoms with van der Waals surface area (Å²) in [7, 11) is -3.67. The molecule has 26 heavy (non-hydrogen) atoms. The maximum atomic E-state index is 12.3. The smallest absolute Gasteiger partial charge is 0.239 e. The van der Waals surface area contributed by atoms with Gasteiger partial charge in [-0.25, -0.2) is 13.6 Å². The van der Waals surface area contributed by atoms with Crippen LogP contribution in [0, 0.1) is 0 Å². The van der Waals surface area contributed by atoms with Crippen molar-refractivity contribution in [1.82, 2.24) is 5.32 Å². The molecule has 0 bridgehead atoms. The number of rotatable bonds is 6. The number of benzene rings is 2. The molecule has 0 saturated heterocycles. The van der Waals surface area contributed by atoms with E-state index in [1.165, 1.54) is 17.7 Å². The van der Waals surface area contributed by atoms with Gasteiger partial charge in [0.25, 0.3) is 0 Å². The number of nitrogens with one attached hydrogen (secondary N) is 1. The zero-order valence-electron chi connectivity index (χ0n) is 14.7. The number of amides is 1. The molecule has 0 saturated carbocycles. The summed E-state index contributed by atoms with van der Waals surface area (Å²) in [6.07, 6.45) is 1.59. The predicted octanol–water partition coefficient (Wildman–Crippen LogP) is 1.44. The summed E-state index contributed by atoms with van der Waals surface area (Å²) in [6.45, 7) is 2.96. The Morgan fingerprint density at radius 2 is 1.88 bits per heavy atom. The molecular formula is C19H23N3O3S. The number of fused-ring (bicyclic) bond motifs is 1. The second kappa shape index (κ2) is 7.47. The van der Waals surface area contributed by atoms with Crippen molar-refractivity contribution in [2.75, 3.05) is 18.0 Å². The lowest BCUT2D eigenvalue weighted by atomic mass is 10.1. The van der Waals surface area contributed by atoms with Gasteiger partial charge in [-0.1, -0.05) is 30.3 Å². The Morgan fingerprint density at radius 3 is 2.58 bits per heavy atom. The van der Waals surface area contributed by atoms with E-state index in [1.54, 1.807) is 12.1 Å². The van der Waals surface area contributed by atoms with E-state index in [1.807, 2.05) is 12.1 Å². The molecule has 2 aromatic carbocycles. The van der Waals surface area contributed by atoms with Crippen LogP contribution < -0.4 is 15.4 Å². The van der Waals surface area contributed by atoms with E-state index in [0.29, 0.717) is 25.6 Å². The fraction of sp³-hybridized carbons (Fsp3) is 0.316. The minimum Gasteiger partial charge on any atom is -0.359 e. The van der Waals surface area contributed by atoms with Crippen molar-refractivity contribution in [3.63, 3.8) is 0 Å². The molecule has 1 heterocycles. The molecule has 0 fully saturated rings. The zero-order chi connectivity index (χ0) is 18.7. The number of para-hydroxylation sites is 1. The molecule has 0 unspecified atom stereocenters. The molecule has 3 N–H and O–H groups in total. The maximum absolute atomic E-state index is 12.3. The lowest BCUT2D eigenvalue weighted by Gasteiger charge is -2.24. The Kier molecular flexibility index (Phi) is 5.29. The monoisotopic (exact) mass is 373 g/mol. The van der Waals surface area contributed by atoms with Crippen LogP contribution in [0.1, 0.15) is 18.1 Å². The van der Waals surface area contributed by atoms with Crippen molar-refractivity contribution < 1.29 is 13.2 Å². The zero-order valence-corrected chi connectivity index (χ0v) is 15.5. The molecule has 7 heteroatoms. The first kappa shape index (κ1) is 18.4. The van der Waals surface area contributed by atoms with Crippen molar-refractivity contribution in [3.05, 3.63) is 59.7 Å². The van der Waals surface area contributed by atoms with Crippen molar-refractivity contribution in [2.45, 2.75) is 30.7 Å². The van der Waals surface area contributed by atoms with Crippen LogP contribution in [0.2, 0.25) is 0 Å². The average molecular weight is 373 g/mol. The van der Waals surface area contributed by atoms with Crippen molar-refractivity contribution in [1.29, 1.82) is 0 Å². The van der Waals surface area contributed by atoms with Gasteiger partial charge in [-0.2, -0.15) is 0 Å². The van der Waals surface area contributed by atoms with Crippen LogP contribution in [0.3, 0.4) is 0 Å². The Hall–Kier alpha value is -2.38. The van der Waals surface area contributed by atoms with Crippen molar-refractivity contribution >= 4 is 21.6 Å². The van der Waals surface area contributed by atoms with Crippen molar-refractivity contribution in [3.8, 4) is 0 Å². The van der Waals surface area contributed by atoms with Gasteiger partial charge < -0.3 is 10.2 Å². The van der Waals surface area contributed by atoms with E-state index >= 15 is 0 Å². The molecule has 2 aromatic rings. The number of sulfonamides is 1. The Labute approximate surface area is 154 Å². The number of primary sulfonamides is 1. The Morgan fingerprint density at radius 1 is 1.19 bits per heavy atom. The number of carbonyl (C=O) groups is 1. The third kappa shape index (κ3) is 4.23. The number of anilines is 1. The minimum absolute atomic E-state index is 0.0188. The van der Waals surface area contributed by atoms with E-state index in [-0.39, 0.29) is 10.8 Å². The molecular weight excluding hydrogens is 350 g/mol. The molecule has 6 nitrogen and oxygen atoms in total. The molecule has 1 amide bonds. The topological polar surface area (TPSA) is 92.5 Å². The number of nitrogens with two attached hydrogens (primary N) is 1. The van der Waals surface area contributed by atoms with Crippen molar-refractivity contribution in [2.24, 2.45) is 5.14 Å². The van der Waals surface area contributed by atoms with E-state index in [9.17, 15) is 13.2 Å². The van der Waals surface area contributed by atoms with E-state index in [2.05, 4.69) is 29.3 Å². The normalized spacial score (nSPS) is 16.4. The molecule has 0 radical (unpaired) electrons. The summed E-state index contributed by atoms with van der Waals surface area (Å²) in [4.78, 5) is 14.5. The minimum atomic E-state index is -3.67. The quantitative estimate of drug-likeness (QED) is 0.801. The number of hydrogen-bond acceptors (Lipinski definition) is 4. The lowest BCUT2D eigenvalue weighted by Crippen LogP contribution is -2.40. The molecule has 0 spiro atoms. The lowest BCUT2D eigenvalue weighted by molar-refractivity contribution is -0.119. The summed E-state index contributed by atoms with van der Waals surface area (Å²) in [5, 5.41) is 8.01. The summed E-state index contributed by atoms with van der Waals surface area (Å²) in [6, 6.07) is 14.9. The summed E-state index contributed by atoms with van der Waals surface area (Å²) < 4.78 is 22.5. The van der Waals surface area contributed by atoms with Crippen LogP contribution in [-0.2, 0) is 27.7 Å². The molecule has 1 aliphatic rings. The Bertz CT molecular complexity index is 895. The first-order valence-electron chi connectivity index (χ1n) is 8.57. The van der Waals surface area contributed by atoms with Crippen LogP contribution >= 0.6 is 0 Å². The highest BCUT2D eigenvalue weighted by atomic mass is 32.2. The number of hydrogen-bond donors (Lipinski definition) is 2. The van der Waals surface area contributed by atoms with Gasteiger partial charge in [0, 0.05) is 18.3 Å². The summed E-state index contributed by atoms with van der Waals surface area (Å²) in [5.41, 5.74) is 3.36. The molecule has 0 aromatic heterocycles. The second-order valence-electron chi connectivity index (χ2n) is 6.60. The van der Waals surface area contributed by atoms with Gasteiger partial charge in [0.2, 0.25) is 15.9 Å². The van der Waals surface area contributed by atoms with E-state index < -0.39 is 10.0 Å². The number of carbonyl (C=O) groups excluding carboxylic acids is 1. The molecule has 1 aliphatic heterocycles.